The highest BCUT2D eigenvalue weighted by atomic mass is 32.2. The largest absolute Gasteiger partial charge is 0.497 e. The third-order valence-electron chi connectivity index (χ3n) is 4.45. The van der Waals surface area contributed by atoms with Gasteiger partial charge in [0.2, 0.25) is 0 Å². The molecule has 0 unspecified atom stereocenters. The third kappa shape index (κ3) is 4.63. The van der Waals surface area contributed by atoms with Crippen LogP contribution in [0.1, 0.15) is 5.56 Å². The second kappa shape index (κ2) is 9.00. The first-order valence-corrected chi connectivity index (χ1v) is 10.3. The van der Waals surface area contributed by atoms with Crippen LogP contribution in [0.25, 0.3) is 10.9 Å². The summed E-state index contributed by atoms with van der Waals surface area (Å²) in [4.78, 5) is 9.36. The fraction of sp³-hybridized carbons (Fsp3) is 0.130. The molecule has 0 fully saturated rings. The van der Waals surface area contributed by atoms with Crippen LogP contribution >= 0.6 is 11.8 Å². The number of fused-ring (bicyclic) bond motifs is 1. The Morgan fingerprint density at radius 1 is 0.900 bits per heavy atom. The lowest BCUT2D eigenvalue weighted by atomic mass is 10.2. The minimum atomic E-state index is -0.248. The maximum atomic E-state index is 13.5. The molecule has 0 atom stereocenters. The van der Waals surface area contributed by atoms with Crippen molar-refractivity contribution >= 4 is 34.2 Å². The molecule has 0 saturated carbocycles. The Morgan fingerprint density at radius 3 is 2.40 bits per heavy atom. The van der Waals surface area contributed by atoms with Gasteiger partial charge in [-0.05, 0) is 29.8 Å². The van der Waals surface area contributed by atoms with Crippen molar-refractivity contribution in [2.45, 2.75) is 10.9 Å². The Hall–Kier alpha value is -3.32. The van der Waals surface area contributed by atoms with E-state index in [4.69, 9.17) is 14.5 Å². The monoisotopic (exact) mass is 421 g/mol. The number of hydrogen-bond acceptors (Lipinski definition) is 6. The fourth-order valence-corrected chi connectivity index (χ4v) is 3.80. The van der Waals surface area contributed by atoms with Gasteiger partial charge in [-0.15, -0.1) is 0 Å². The maximum absolute atomic E-state index is 13.5. The molecule has 0 radical (unpaired) electrons. The summed E-state index contributed by atoms with van der Waals surface area (Å²) in [6.45, 7) is 0. The Bertz CT molecular complexity index is 1160. The molecule has 0 aliphatic heterocycles. The van der Waals surface area contributed by atoms with Crippen LogP contribution in [0, 0.1) is 5.82 Å². The van der Waals surface area contributed by atoms with E-state index in [-0.39, 0.29) is 5.82 Å². The van der Waals surface area contributed by atoms with E-state index in [0.717, 1.165) is 22.2 Å². The lowest BCUT2D eigenvalue weighted by Crippen LogP contribution is -2.00. The van der Waals surface area contributed by atoms with Gasteiger partial charge in [0, 0.05) is 35.0 Å². The number of methoxy groups -OCH3 is 2. The SMILES string of the molecule is COc1cc(Nc2nc(SCc3cccc(F)c3)nc3ccccc23)cc(OC)c1. The van der Waals surface area contributed by atoms with Gasteiger partial charge in [0.1, 0.15) is 23.1 Å². The second-order valence-corrected chi connectivity index (χ2v) is 7.46. The molecule has 0 aliphatic carbocycles. The normalized spacial score (nSPS) is 10.8. The number of hydrogen-bond donors (Lipinski definition) is 1. The van der Waals surface area contributed by atoms with E-state index in [9.17, 15) is 4.39 Å². The third-order valence-corrected chi connectivity index (χ3v) is 5.37. The van der Waals surface area contributed by atoms with Crippen LogP contribution in [-0.4, -0.2) is 24.2 Å². The van der Waals surface area contributed by atoms with Crippen LogP contribution in [0.4, 0.5) is 15.9 Å². The molecule has 0 spiro atoms. The summed E-state index contributed by atoms with van der Waals surface area (Å²) in [6, 6.07) is 19.9. The molecule has 152 valence electrons. The van der Waals surface area contributed by atoms with Crippen molar-refractivity contribution in [3.63, 3.8) is 0 Å². The average molecular weight is 421 g/mol. The minimum absolute atomic E-state index is 0.248. The van der Waals surface area contributed by atoms with Gasteiger partial charge in [-0.3, -0.25) is 0 Å². The molecule has 0 amide bonds. The summed E-state index contributed by atoms with van der Waals surface area (Å²) in [5.74, 6) is 2.36. The van der Waals surface area contributed by atoms with Crippen molar-refractivity contribution in [1.29, 1.82) is 0 Å². The standard InChI is InChI=1S/C23H20FN3O2S/c1-28-18-11-17(12-19(13-18)29-2)25-22-20-8-3-4-9-21(20)26-23(27-22)30-14-15-6-5-7-16(24)10-15/h3-13H,14H2,1-2H3,(H,25,26,27). The van der Waals surface area contributed by atoms with E-state index >= 15 is 0 Å². The van der Waals surface area contributed by atoms with E-state index in [1.165, 1.54) is 23.9 Å². The first-order valence-electron chi connectivity index (χ1n) is 9.29. The van der Waals surface area contributed by atoms with Crippen LogP contribution in [0.15, 0.2) is 71.9 Å². The number of rotatable bonds is 7. The molecule has 7 heteroatoms. The fourth-order valence-electron chi connectivity index (χ4n) is 3.01. The molecule has 3 aromatic carbocycles. The molecule has 30 heavy (non-hydrogen) atoms. The van der Waals surface area contributed by atoms with Gasteiger partial charge in [0.05, 0.1) is 19.7 Å². The van der Waals surface area contributed by atoms with Crippen molar-refractivity contribution in [3.8, 4) is 11.5 Å². The zero-order valence-electron chi connectivity index (χ0n) is 16.6. The van der Waals surface area contributed by atoms with Crippen LogP contribution < -0.4 is 14.8 Å². The van der Waals surface area contributed by atoms with Gasteiger partial charge in [-0.1, -0.05) is 36.0 Å². The zero-order chi connectivity index (χ0) is 20.9. The summed E-state index contributed by atoms with van der Waals surface area (Å²) in [5, 5.41) is 4.86. The lowest BCUT2D eigenvalue weighted by molar-refractivity contribution is 0.395. The lowest BCUT2D eigenvalue weighted by Gasteiger charge is -2.13. The molecular formula is C23H20FN3O2S. The number of para-hydroxylation sites is 1. The van der Waals surface area contributed by atoms with Gasteiger partial charge in [0.15, 0.2) is 5.16 Å². The Morgan fingerprint density at radius 2 is 1.67 bits per heavy atom. The molecule has 1 aromatic heterocycles. The Labute approximate surface area is 178 Å². The summed E-state index contributed by atoms with van der Waals surface area (Å²) < 4.78 is 24.2. The number of halogens is 1. The zero-order valence-corrected chi connectivity index (χ0v) is 17.4. The molecule has 5 nitrogen and oxygen atoms in total. The number of thioether (sulfide) groups is 1. The summed E-state index contributed by atoms with van der Waals surface area (Å²) in [7, 11) is 3.22. The van der Waals surface area contributed by atoms with Crippen LogP contribution in [0.5, 0.6) is 11.5 Å². The first-order chi connectivity index (χ1) is 14.6. The summed E-state index contributed by atoms with van der Waals surface area (Å²) in [5.41, 5.74) is 2.49. The molecule has 1 N–H and O–H groups in total. The topological polar surface area (TPSA) is 56.3 Å². The molecule has 0 saturated heterocycles. The van der Waals surface area contributed by atoms with E-state index in [0.29, 0.717) is 28.2 Å². The highest BCUT2D eigenvalue weighted by Gasteiger charge is 2.10. The van der Waals surface area contributed by atoms with Gasteiger partial charge in [-0.25, -0.2) is 14.4 Å². The predicted molar refractivity (Wildman–Crippen MR) is 118 cm³/mol. The summed E-state index contributed by atoms with van der Waals surface area (Å²) >= 11 is 1.46. The minimum Gasteiger partial charge on any atom is -0.497 e. The number of anilines is 2. The first kappa shape index (κ1) is 20.0. The molecule has 4 aromatic rings. The number of benzene rings is 3. The Kier molecular flexibility index (Phi) is 5.99. The maximum Gasteiger partial charge on any atom is 0.190 e. The molecule has 4 rings (SSSR count). The van der Waals surface area contributed by atoms with Crippen molar-refractivity contribution < 1.29 is 13.9 Å². The number of ether oxygens (including phenoxy) is 2. The van der Waals surface area contributed by atoms with Crippen LogP contribution in [-0.2, 0) is 5.75 Å². The van der Waals surface area contributed by atoms with E-state index in [1.807, 2.05) is 48.5 Å². The van der Waals surface area contributed by atoms with Crippen molar-refractivity contribution in [1.82, 2.24) is 9.97 Å². The van der Waals surface area contributed by atoms with Gasteiger partial charge >= 0.3 is 0 Å². The number of nitrogens with zero attached hydrogens (tertiary/aromatic N) is 2. The van der Waals surface area contributed by atoms with Crippen molar-refractivity contribution in [2.24, 2.45) is 0 Å². The summed E-state index contributed by atoms with van der Waals surface area (Å²) in [6.07, 6.45) is 0. The number of nitrogens with one attached hydrogen (secondary N) is 1. The van der Waals surface area contributed by atoms with Crippen molar-refractivity contribution in [3.05, 3.63) is 78.1 Å². The van der Waals surface area contributed by atoms with E-state index in [1.54, 1.807) is 20.3 Å². The highest BCUT2D eigenvalue weighted by Crippen LogP contribution is 2.31. The predicted octanol–water partition coefficient (Wildman–Crippen LogP) is 5.82. The van der Waals surface area contributed by atoms with E-state index < -0.39 is 0 Å². The molecular weight excluding hydrogens is 401 g/mol. The van der Waals surface area contributed by atoms with Gasteiger partial charge in [-0.2, -0.15) is 0 Å². The van der Waals surface area contributed by atoms with E-state index in [2.05, 4.69) is 10.3 Å². The molecule has 1 heterocycles. The quantitative estimate of drug-likeness (QED) is 0.300. The van der Waals surface area contributed by atoms with Crippen LogP contribution in [0.3, 0.4) is 0 Å². The smallest absolute Gasteiger partial charge is 0.190 e. The molecule has 0 bridgehead atoms. The van der Waals surface area contributed by atoms with Gasteiger partial charge < -0.3 is 14.8 Å². The van der Waals surface area contributed by atoms with Crippen LogP contribution in [0.2, 0.25) is 0 Å². The second-order valence-electron chi connectivity index (χ2n) is 6.52. The van der Waals surface area contributed by atoms with Gasteiger partial charge in [0.25, 0.3) is 0 Å². The number of aromatic nitrogens is 2. The Balaban J connectivity index is 1.67. The molecule has 0 aliphatic rings. The highest BCUT2D eigenvalue weighted by molar-refractivity contribution is 7.98. The average Bonchev–Trinajstić information content (AvgIpc) is 2.77. The van der Waals surface area contributed by atoms with Crippen molar-refractivity contribution in [2.75, 3.05) is 19.5 Å².